The number of benzene rings is 1. The third-order valence-corrected chi connectivity index (χ3v) is 2.93. The van der Waals surface area contributed by atoms with Crippen LogP contribution < -0.4 is 10.1 Å². The maximum atomic E-state index is 12.0. The molecule has 0 spiro atoms. The number of carbonyl (C=O) groups excluding carboxylic acids is 2. The van der Waals surface area contributed by atoms with Crippen molar-refractivity contribution >= 4 is 17.5 Å². The highest BCUT2D eigenvalue weighted by Crippen LogP contribution is 2.14. The van der Waals surface area contributed by atoms with Crippen LogP contribution in [0.4, 0.5) is 5.82 Å². The second kappa shape index (κ2) is 6.65. The second-order valence-electron chi connectivity index (χ2n) is 4.60. The molecule has 0 unspecified atom stereocenters. The lowest BCUT2D eigenvalue weighted by Gasteiger charge is -2.06. The Balaban J connectivity index is 1.97. The van der Waals surface area contributed by atoms with Crippen LogP contribution in [0.3, 0.4) is 0 Å². The van der Waals surface area contributed by atoms with Gasteiger partial charge in [0.25, 0.3) is 0 Å². The standard InChI is InChI=1S/C16H16N2O3/c1-11-3-5-12(6-4-11)14(19)10-16(20)18-15-9-13(21-2)7-8-17-15/h3-9H,10H2,1-2H3,(H,17,18,20). The van der Waals surface area contributed by atoms with E-state index in [4.69, 9.17) is 4.74 Å². The number of ether oxygens (including phenoxy) is 1. The fraction of sp³-hybridized carbons (Fsp3) is 0.188. The molecular weight excluding hydrogens is 268 g/mol. The van der Waals surface area contributed by atoms with Gasteiger partial charge < -0.3 is 10.1 Å². The first-order chi connectivity index (χ1) is 10.1. The van der Waals surface area contributed by atoms with Gasteiger partial charge in [0.1, 0.15) is 11.6 Å². The number of amides is 1. The Hall–Kier alpha value is -2.69. The first-order valence-electron chi connectivity index (χ1n) is 6.48. The van der Waals surface area contributed by atoms with Crippen LogP contribution in [-0.2, 0) is 4.79 Å². The van der Waals surface area contributed by atoms with Crippen LogP contribution in [0, 0.1) is 6.92 Å². The summed E-state index contributed by atoms with van der Waals surface area (Å²) in [6.07, 6.45) is 1.30. The van der Waals surface area contributed by atoms with Crippen molar-refractivity contribution in [1.82, 2.24) is 4.98 Å². The molecule has 108 valence electrons. The quantitative estimate of drug-likeness (QED) is 0.677. The molecule has 0 aliphatic heterocycles. The lowest BCUT2D eigenvalue weighted by molar-refractivity contribution is -0.115. The van der Waals surface area contributed by atoms with E-state index in [-0.39, 0.29) is 12.2 Å². The van der Waals surface area contributed by atoms with Gasteiger partial charge in [-0.05, 0) is 13.0 Å². The van der Waals surface area contributed by atoms with Gasteiger partial charge in [-0.3, -0.25) is 9.59 Å². The van der Waals surface area contributed by atoms with E-state index >= 15 is 0 Å². The molecule has 2 aromatic rings. The summed E-state index contributed by atoms with van der Waals surface area (Å²) in [6, 6.07) is 10.4. The third-order valence-electron chi connectivity index (χ3n) is 2.93. The van der Waals surface area contributed by atoms with Crippen LogP contribution >= 0.6 is 0 Å². The molecule has 0 atom stereocenters. The summed E-state index contributed by atoms with van der Waals surface area (Å²) >= 11 is 0. The second-order valence-corrected chi connectivity index (χ2v) is 4.60. The molecule has 0 radical (unpaired) electrons. The van der Waals surface area contributed by atoms with Gasteiger partial charge in [0.2, 0.25) is 5.91 Å². The van der Waals surface area contributed by atoms with E-state index in [0.717, 1.165) is 5.56 Å². The Morgan fingerprint density at radius 3 is 2.57 bits per heavy atom. The first kappa shape index (κ1) is 14.7. The van der Waals surface area contributed by atoms with Crippen molar-refractivity contribution in [3.8, 4) is 5.75 Å². The maximum Gasteiger partial charge on any atom is 0.233 e. The minimum Gasteiger partial charge on any atom is -0.497 e. The Morgan fingerprint density at radius 2 is 1.90 bits per heavy atom. The number of methoxy groups -OCH3 is 1. The number of nitrogens with one attached hydrogen (secondary N) is 1. The van der Waals surface area contributed by atoms with Crippen molar-refractivity contribution in [3.63, 3.8) is 0 Å². The molecule has 0 bridgehead atoms. The average molecular weight is 284 g/mol. The number of anilines is 1. The van der Waals surface area contributed by atoms with E-state index in [0.29, 0.717) is 17.1 Å². The largest absolute Gasteiger partial charge is 0.497 e. The first-order valence-corrected chi connectivity index (χ1v) is 6.48. The van der Waals surface area contributed by atoms with Crippen LogP contribution in [0.25, 0.3) is 0 Å². The van der Waals surface area contributed by atoms with E-state index in [1.807, 2.05) is 19.1 Å². The number of Topliss-reactive ketones (excluding diaryl/α,β-unsaturated/α-hetero) is 1. The average Bonchev–Trinajstić information content (AvgIpc) is 2.47. The van der Waals surface area contributed by atoms with Gasteiger partial charge in [0, 0.05) is 17.8 Å². The van der Waals surface area contributed by atoms with Crippen molar-refractivity contribution in [2.45, 2.75) is 13.3 Å². The Bertz CT molecular complexity index is 651. The predicted molar refractivity (Wildman–Crippen MR) is 79.5 cm³/mol. The molecule has 0 fully saturated rings. The summed E-state index contributed by atoms with van der Waals surface area (Å²) in [5.41, 5.74) is 1.59. The van der Waals surface area contributed by atoms with Crippen LogP contribution in [0.15, 0.2) is 42.6 Å². The van der Waals surface area contributed by atoms with Gasteiger partial charge in [0.05, 0.1) is 13.5 Å². The molecule has 0 saturated heterocycles. The Labute approximate surface area is 123 Å². The lowest BCUT2D eigenvalue weighted by Crippen LogP contribution is -2.17. The summed E-state index contributed by atoms with van der Waals surface area (Å²) < 4.78 is 5.04. The number of carbonyl (C=O) groups is 2. The van der Waals surface area contributed by atoms with Gasteiger partial charge in [0.15, 0.2) is 5.78 Å². The summed E-state index contributed by atoms with van der Waals surface area (Å²) in [5, 5.41) is 2.58. The highest BCUT2D eigenvalue weighted by atomic mass is 16.5. The fourth-order valence-electron chi connectivity index (χ4n) is 1.78. The van der Waals surface area contributed by atoms with Crippen molar-refractivity contribution in [2.75, 3.05) is 12.4 Å². The van der Waals surface area contributed by atoms with Crippen molar-refractivity contribution in [3.05, 3.63) is 53.7 Å². The third kappa shape index (κ3) is 4.14. The summed E-state index contributed by atoms with van der Waals surface area (Å²) in [5.74, 6) is 0.318. The van der Waals surface area contributed by atoms with E-state index in [1.165, 1.54) is 13.3 Å². The van der Waals surface area contributed by atoms with Gasteiger partial charge in [-0.25, -0.2) is 4.98 Å². The highest BCUT2D eigenvalue weighted by Gasteiger charge is 2.12. The fourth-order valence-corrected chi connectivity index (χ4v) is 1.78. The van der Waals surface area contributed by atoms with E-state index in [2.05, 4.69) is 10.3 Å². The van der Waals surface area contributed by atoms with Crippen LogP contribution in [0.1, 0.15) is 22.3 Å². The molecule has 5 nitrogen and oxygen atoms in total. The summed E-state index contributed by atoms with van der Waals surface area (Å²) in [7, 11) is 1.53. The molecule has 0 aliphatic carbocycles. The highest BCUT2D eigenvalue weighted by molar-refractivity contribution is 6.10. The normalized spacial score (nSPS) is 10.0. The van der Waals surface area contributed by atoms with Crippen molar-refractivity contribution in [1.29, 1.82) is 0 Å². The van der Waals surface area contributed by atoms with Gasteiger partial charge in [-0.1, -0.05) is 29.8 Å². The molecule has 5 heteroatoms. The molecule has 1 N–H and O–H groups in total. The zero-order chi connectivity index (χ0) is 15.2. The number of pyridine rings is 1. The molecule has 1 heterocycles. The number of hydrogen-bond donors (Lipinski definition) is 1. The maximum absolute atomic E-state index is 12.0. The Kier molecular flexibility index (Phi) is 4.66. The number of aryl methyl sites for hydroxylation is 1. The number of nitrogens with zero attached hydrogens (tertiary/aromatic N) is 1. The van der Waals surface area contributed by atoms with Crippen molar-refractivity contribution in [2.24, 2.45) is 0 Å². The van der Waals surface area contributed by atoms with Crippen molar-refractivity contribution < 1.29 is 14.3 Å². The van der Waals surface area contributed by atoms with Crippen LogP contribution in [0.5, 0.6) is 5.75 Å². The van der Waals surface area contributed by atoms with Crippen LogP contribution in [0.2, 0.25) is 0 Å². The van der Waals surface area contributed by atoms with E-state index in [9.17, 15) is 9.59 Å². The lowest BCUT2D eigenvalue weighted by atomic mass is 10.1. The number of hydrogen-bond acceptors (Lipinski definition) is 4. The Morgan fingerprint density at radius 1 is 1.19 bits per heavy atom. The molecule has 0 aliphatic rings. The zero-order valence-corrected chi connectivity index (χ0v) is 11.9. The van der Waals surface area contributed by atoms with Gasteiger partial charge >= 0.3 is 0 Å². The van der Waals surface area contributed by atoms with E-state index < -0.39 is 5.91 Å². The molecule has 1 amide bonds. The predicted octanol–water partition coefficient (Wildman–Crippen LogP) is 2.61. The summed E-state index contributed by atoms with van der Waals surface area (Å²) in [4.78, 5) is 27.8. The molecule has 1 aromatic carbocycles. The molecule has 0 saturated carbocycles. The topological polar surface area (TPSA) is 68.3 Å². The number of ketones is 1. The zero-order valence-electron chi connectivity index (χ0n) is 11.9. The van der Waals surface area contributed by atoms with Gasteiger partial charge in [-0.2, -0.15) is 0 Å². The number of rotatable bonds is 5. The molecule has 1 aromatic heterocycles. The summed E-state index contributed by atoms with van der Waals surface area (Å²) in [6.45, 7) is 1.94. The molecule has 21 heavy (non-hydrogen) atoms. The van der Waals surface area contributed by atoms with Gasteiger partial charge in [-0.15, -0.1) is 0 Å². The monoisotopic (exact) mass is 284 g/mol. The SMILES string of the molecule is COc1ccnc(NC(=O)CC(=O)c2ccc(C)cc2)c1. The number of aromatic nitrogens is 1. The smallest absolute Gasteiger partial charge is 0.233 e. The molecular formula is C16H16N2O3. The molecule has 2 rings (SSSR count). The van der Waals surface area contributed by atoms with Crippen LogP contribution in [-0.4, -0.2) is 23.8 Å². The minimum absolute atomic E-state index is 0.220. The minimum atomic E-state index is -0.402. The van der Waals surface area contributed by atoms with E-state index in [1.54, 1.807) is 24.3 Å².